The van der Waals surface area contributed by atoms with Gasteiger partial charge in [0.2, 0.25) is 11.8 Å². The second-order valence-corrected chi connectivity index (χ2v) is 5.57. The summed E-state index contributed by atoms with van der Waals surface area (Å²) in [6.45, 7) is 4.32. The number of nitrogens with one attached hydrogen (secondary N) is 1. The van der Waals surface area contributed by atoms with Crippen molar-refractivity contribution in [3.05, 3.63) is 35.9 Å². The number of carbonyl (C=O) groups excluding carboxylic acids is 2. The van der Waals surface area contributed by atoms with Crippen LogP contribution in [0.3, 0.4) is 0 Å². The average Bonchev–Trinajstić information content (AvgIpc) is 2.95. The van der Waals surface area contributed by atoms with Gasteiger partial charge >= 0.3 is 0 Å². The second-order valence-electron chi connectivity index (χ2n) is 5.57. The number of benzene rings is 1. The van der Waals surface area contributed by atoms with Crippen molar-refractivity contribution in [2.45, 2.75) is 38.9 Å². The lowest BCUT2D eigenvalue weighted by Gasteiger charge is -2.16. The van der Waals surface area contributed by atoms with Crippen LogP contribution in [0.4, 0.5) is 0 Å². The summed E-state index contributed by atoms with van der Waals surface area (Å²) in [4.78, 5) is 25.2. The van der Waals surface area contributed by atoms with Crippen LogP contribution in [0.2, 0.25) is 0 Å². The third kappa shape index (κ3) is 5.15. The van der Waals surface area contributed by atoms with E-state index in [9.17, 15) is 9.59 Å². The average molecular weight is 304 g/mol. The predicted octanol–water partition coefficient (Wildman–Crippen LogP) is 1.72. The minimum Gasteiger partial charge on any atom is -0.364 e. The molecule has 1 aromatic rings. The van der Waals surface area contributed by atoms with E-state index in [1.165, 1.54) is 0 Å². The monoisotopic (exact) mass is 304 g/mol. The Morgan fingerprint density at radius 3 is 2.82 bits per heavy atom. The van der Waals surface area contributed by atoms with Gasteiger partial charge in [0.25, 0.3) is 0 Å². The summed E-state index contributed by atoms with van der Waals surface area (Å²) in [5, 5.41) is 2.86. The molecule has 0 aliphatic carbocycles. The van der Waals surface area contributed by atoms with Crippen molar-refractivity contribution in [3.63, 3.8) is 0 Å². The van der Waals surface area contributed by atoms with Gasteiger partial charge in [0.05, 0.1) is 6.61 Å². The molecule has 1 heterocycles. The largest absolute Gasteiger partial charge is 0.364 e. The van der Waals surface area contributed by atoms with Crippen molar-refractivity contribution in [3.8, 4) is 0 Å². The van der Waals surface area contributed by atoms with Crippen LogP contribution in [0, 0.1) is 0 Å². The van der Waals surface area contributed by atoms with Crippen molar-refractivity contribution >= 4 is 11.8 Å². The van der Waals surface area contributed by atoms with Gasteiger partial charge < -0.3 is 15.0 Å². The van der Waals surface area contributed by atoms with Gasteiger partial charge in [0.1, 0.15) is 6.10 Å². The molecule has 22 heavy (non-hydrogen) atoms. The Morgan fingerprint density at radius 1 is 1.36 bits per heavy atom. The fourth-order valence-corrected chi connectivity index (χ4v) is 2.44. The molecule has 1 unspecified atom stereocenters. The van der Waals surface area contributed by atoms with Crippen LogP contribution in [0.25, 0.3) is 0 Å². The van der Waals surface area contributed by atoms with Gasteiger partial charge in [0.15, 0.2) is 0 Å². The molecule has 1 N–H and O–H groups in total. The summed E-state index contributed by atoms with van der Waals surface area (Å²) in [7, 11) is 0. The topological polar surface area (TPSA) is 58.6 Å². The van der Waals surface area contributed by atoms with E-state index in [0.29, 0.717) is 19.6 Å². The summed E-state index contributed by atoms with van der Waals surface area (Å²) in [6, 6.07) is 9.78. The summed E-state index contributed by atoms with van der Waals surface area (Å²) < 4.78 is 5.56. The minimum atomic E-state index is -0.478. The fourth-order valence-electron chi connectivity index (χ4n) is 2.44. The molecule has 0 bridgehead atoms. The van der Waals surface area contributed by atoms with E-state index in [1.54, 1.807) is 6.92 Å². The number of amides is 2. The molecule has 1 fully saturated rings. The van der Waals surface area contributed by atoms with E-state index in [0.717, 1.165) is 31.5 Å². The van der Waals surface area contributed by atoms with Crippen LogP contribution < -0.4 is 5.32 Å². The lowest BCUT2D eigenvalue weighted by molar-refractivity contribution is -0.132. The van der Waals surface area contributed by atoms with Gasteiger partial charge in [-0.15, -0.1) is 0 Å². The van der Waals surface area contributed by atoms with Crippen molar-refractivity contribution in [1.82, 2.24) is 10.2 Å². The van der Waals surface area contributed by atoms with Gasteiger partial charge in [-0.2, -0.15) is 0 Å². The highest BCUT2D eigenvalue weighted by Crippen LogP contribution is 2.09. The Morgan fingerprint density at radius 2 is 2.14 bits per heavy atom. The summed E-state index contributed by atoms with van der Waals surface area (Å²) in [5.41, 5.74) is 1.05. The normalized spacial score (nSPS) is 15.9. The van der Waals surface area contributed by atoms with Gasteiger partial charge in [-0.1, -0.05) is 30.3 Å². The molecule has 5 nitrogen and oxygen atoms in total. The smallest absolute Gasteiger partial charge is 0.248 e. The van der Waals surface area contributed by atoms with Gasteiger partial charge in [0, 0.05) is 26.1 Å². The SMILES string of the molecule is CC(OCc1ccccc1)C(=O)NCCCN1CCCC1=O. The molecular formula is C17H24N2O3. The highest BCUT2D eigenvalue weighted by molar-refractivity contribution is 5.80. The van der Waals surface area contributed by atoms with E-state index in [-0.39, 0.29) is 11.8 Å². The number of ether oxygens (including phenoxy) is 1. The first-order valence-corrected chi connectivity index (χ1v) is 7.88. The van der Waals surface area contributed by atoms with Crippen molar-refractivity contribution < 1.29 is 14.3 Å². The van der Waals surface area contributed by atoms with Crippen LogP contribution in [0.5, 0.6) is 0 Å². The molecule has 1 aliphatic rings. The van der Waals surface area contributed by atoms with E-state index in [4.69, 9.17) is 4.74 Å². The molecule has 2 amide bonds. The number of likely N-dealkylation sites (tertiary alicyclic amines) is 1. The zero-order valence-corrected chi connectivity index (χ0v) is 13.1. The first-order chi connectivity index (χ1) is 10.7. The molecule has 0 aromatic heterocycles. The first-order valence-electron chi connectivity index (χ1n) is 7.88. The zero-order valence-electron chi connectivity index (χ0n) is 13.1. The fraction of sp³-hybridized carbons (Fsp3) is 0.529. The summed E-state index contributed by atoms with van der Waals surface area (Å²) >= 11 is 0. The summed E-state index contributed by atoms with van der Waals surface area (Å²) in [6.07, 6.45) is 1.92. The van der Waals surface area contributed by atoms with Crippen LogP contribution in [-0.4, -0.2) is 42.5 Å². The molecule has 5 heteroatoms. The van der Waals surface area contributed by atoms with Crippen LogP contribution in [0.15, 0.2) is 30.3 Å². The lowest BCUT2D eigenvalue weighted by atomic mass is 10.2. The molecule has 1 aliphatic heterocycles. The van der Waals surface area contributed by atoms with Gasteiger partial charge in [-0.25, -0.2) is 0 Å². The van der Waals surface area contributed by atoms with Gasteiger partial charge in [-0.05, 0) is 25.3 Å². The van der Waals surface area contributed by atoms with Crippen molar-refractivity contribution in [2.75, 3.05) is 19.6 Å². The van der Waals surface area contributed by atoms with E-state index < -0.39 is 6.10 Å². The third-order valence-electron chi connectivity index (χ3n) is 3.79. The maximum Gasteiger partial charge on any atom is 0.248 e. The van der Waals surface area contributed by atoms with Crippen LogP contribution >= 0.6 is 0 Å². The van der Waals surface area contributed by atoms with Gasteiger partial charge in [-0.3, -0.25) is 9.59 Å². The number of hydrogen-bond acceptors (Lipinski definition) is 3. The highest BCUT2D eigenvalue weighted by atomic mass is 16.5. The Balaban J connectivity index is 1.59. The lowest BCUT2D eigenvalue weighted by Crippen LogP contribution is -2.36. The van der Waals surface area contributed by atoms with E-state index in [2.05, 4.69) is 5.32 Å². The predicted molar refractivity (Wildman–Crippen MR) is 84.1 cm³/mol. The Kier molecular flexibility index (Phi) is 6.40. The molecule has 1 atom stereocenters. The number of rotatable bonds is 8. The van der Waals surface area contributed by atoms with Crippen molar-refractivity contribution in [2.24, 2.45) is 0 Å². The number of hydrogen-bond donors (Lipinski definition) is 1. The highest BCUT2D eigenvalue weighted by Gasteiger charge is 2.19. The third-order valence-corrected chi connectivity index (χ3v) is 3.79. The zero-order chi connectivity index (χ0) is 15.8. The summed E-state index contributed by atoms with van der Waals surface area (Å²) in [5.74, 6) is 0.120. The van der Waals surface area contributed by atoms with Crippen LogP contribution in [-0.2, 0) is 20.9 Å². The first kappa shape index (κ1) is 16.5. The molecular weight excluding hydrogens is 280 g/mol. The Hall–Kier alpha value is -1.88. The number of carbonyl (C=O) groups is 2. The molecule has 0 radical (unpaired) electrons. The maximum absolute atomic E-state index is 11.9. The van der Waals surface area contributed by atoms with Crippen LogP contribution in [0.1, 0.15) is 31.7 Å². The molecule has 0 saturated carbocycles. The standard InChI is InChI=1S/C17H24N2O3/c1-14(22-13-15-7-3-2-4-8-15)17(21)18-10-6-12-19-11-5-9-16(19)20/h2-4,7-8,14H,5-6,9-13H2,1H3,(H,18,21). The Bertz CT molecular complexity index is 490. The molecule has 2 rings (SSSR count). The van der Waals surface area contributed by atoms with Crippen molar-refractivity contribution in [1.29, 1.82) is 0 Å². The van der Waals surface area contributed by atoms with E-state index >= 15 is 0 Å². The molecule has 1 aromatic carbocycles. The van der Waals surface area contributed by atoms with E-state index in [1.807, 2.05) is 35.2 Å². The Labute approximate surface area is 131 Å². The minimum absolute atomic E-state index is 0.108. The molecule has 1 saturated heterocycles. The molecule has 120 valence electrons. The number of nitrogens with zero attached hydrogens (tertiary/aromatic N) is 1. The molecule has 0 spiro atoms. The quantitative estimate of drug-likeness (QED) is 0.744. The maximum atomic E-state index is 11.9. The second kappa shape index (κ2) is 8.54.